The molecule has 0 aromatic heterocycles. The molecule has 34 heavy (non-hydrogen) atoms. The largest absolute Gasteiger partial charge is 0.391 e. The van der Waals surface area contributed by atoms with Crippen LogP contribution in [0.15, 0.2) is 77.7 Å². The molecular formula is C25H26F2N2O4S. The van der Waals surface area contributed by atoms with Crippen LogP contribution in [0.4, 0.5) is 8.78 Å². The van der Waals surface area contributed by atoms with Crippen LogP contribution in [0.5, 0.6) is 0 Å². The lowest BCUT2D eigenvalue weighted by atomic mass is 9.82. The van der Waals surface area contributed by atoms with Gasteiger partial charge >= 0.3 is 0 Å². The van der Waals surface area contributed by atoms with Gasteiger partial charge in [-0.05, 0) is 53.1 Å². The van der Waals surface area contributed by atoms with Crippen molar-refractivity contribution in [1.82, 2.24) is 5.32 Å². The third-order valence-electron chi connectivity index (χ3n) is 6.05. The van der Waals surface area contributed by atoms with Crippen molar-refractivity contribution < 1.29 is 27.0 Å². The highest BCUT2D eigenvalue weighted by molar-refractivity contribution is 7.89. The molecule has 1 saturated heterocycles. The number of ether oxygens (including phenoxy) is 1. The maximum atomic E-state index is 13.5. The van der Waals surface area contributed by atoms with E-state index in [1.807, 2.05) is 0 Å². The number of hydrogen-bond donors (Lipinski definition) is 3. The van der Waals surface area contributed by atoms with Gasteiger partial charge in [0.1, 0.15) is 11.6 Å². The second-order valence-corrected chi connectivity index (χ2v) is 10.00. The number of nitrogens with one attached hydrogen (secondary N) is 1. The molecule has 3 atom stereocenters. The van der Waals surface area contributed by atoms with Crippen molar-refractivity contribution in [2.45, 2.75) is 42.0 Å². The van der Waals surface area contributed by atoms with Gasteiger partial charge in [0, 0.05) is 18.9 Å². The summed E-state index contributed by atoms with van der Waals surface area (Å²) in [6, 6.07) is 18.0. The van der Waals surface area contributed by atoms with Gasteiger partial charge in [-0.25, -0.2) is 22.3 Å². The predicted octanol–water partition coefficient (Wildman–Crippen LogP) is 3.05. The number of aliphatic hydroxyl groups excluding tert-OH is 1. The van der Waals surface area contributed by atoms with Crippen LogP contribution in [0, 0.1) is 11.6 Å². The van der Waals surface area contributed by atoms with Crippen LogP contribution in [0.25, 0.3) is 0 Å². The molecule has 180 valence electrons. The highest BCUT2D eigenvalue weighted by Gasteiger charge is 2.35. The first-order valence-electron chi connectivity index (χ1n) is 10.9. The number of rotatable bonds is 7. The maximum absolute atomic E-state index is 13.5. The minimum atomic E-state index is -3.80. The van der Waals surface area contributed by atoms with Gasteiger partial charge in [-0.1, -0.05) is 36.4 Å². The van der Waals surface area contributed by atoms with Gasteiger partial charge < -0.3 is 15.2 Å². The van der Waals surface area contributed by atoms with Gasteiger partial charge in [-0.15, -0.1) is 0 Å². The third-order valence-corrected chi connectivity index (χ3v) is 6.96. The van der Waals surface area contributed by atoms with Crippen LogP contribution in [0.2, 0.25) is 0 Å². The first-order valence-corrected chi connectivity index (χ1v) is 12.4. The van der Waals surface area contributed by atoms with Crippen LogP contribution < -0.4 is 10.5 Å². The van der Waals surface area contributed by atoms with E-state index in [2.05, 4.69) is 5.32 Å². The molecule has 9 heteroatoms. The minimum Gasteiger partial charge on any atom is -0.391 e. The van der Waals surface area contributed by atoms with Gasteiger partial charge in [0.25, 0.3) is 0 Å². The van der Waals surface area contributed by atoms with E-state index >= 15 is 0 Å². The summed E-state index contributed by atoms with van der Waals surface area (Å²) >= 11 is 0. The van der Waals surface area contributed by atoms with E-state index in [0.29, 0.717) is 18.5 Å². The summed E-state index contributed by atoms with van der Waals surface area (Å²) in [5.74, 6) is -1.04. The van der Waals surface area contributed by atoms with E-state index in [9.17, 15) is 22.3 Å². The summed E-state index contributed by atoms with van der Waals surface area (Å²) in [6.45, 7) is 0.526. The molecule has 1 heterocycles. The quantitative estimate of drug-likeness (QED) is 0.475. The van der Waals surface area contributed by atoms with Crippen molar-refractivity contribution in [1.29, 1.82) is 0 Å². The summed E-state index contributed by atoms with van der Waals surface area (Å²) in [6.07, 6.45) is -0.854. The fourth-order valence-electron chi connectivity index (χ4n) is 4.28. The van der Waals surface area contributed by atoms with Gasteiger partial charge in [0.05, 0.1) is 29.8 Å². The van der Waals surface area contributed by atoms with Crippen LogP contribution in [0.3, 0.4) is 0 Å². The lowest BCUT2D eigenvalue weighted by molar-refractivity contribution is -0.0718. The Bertz CT molecular complexity index is 1170. The molecule has 0 saturated carbocycles. The van der Waals surface area contributed by atoms with Crippen LogP contribution in [0.1, 0.15) is 29.0 Å². The normalized spacial score (nSPS) is 21.0. The van der Waals surface area contributed by atoms with E-state index in [0.717, 1.165) is 11.1 Å². The maximum Gasteiger partial charge on any atom is 0.238 e. The Morgan fingerprint density at radius 3 is 2.12 bits per heavy atom. The van der Waals surface area contributed by atoms with E-state index in [-0.39, 0.29) is 35.1 Å². The predicted molar refractivity (Wildman–Crippen MR) is 123 cm³/mol. The Kier molecular flexibility index (Phi) is 7.39. The van der Waals surface area contributed by atoms with Crippen molar-refractivity contribution in [3.8, 4) is 0 Å². The van der Waals surface area contributed by atoms with E-state index in [1.165, 1.54) is 36.4 Å². The monoisotopic (exact) mass is 488 g/mol. The average molecular weight is 489 g/mol. The Morgan fingerprint density at radius 1 is 1.00 bits per heavy atom. The number of primary sulfonamides is 1. The van der Waals surface area contributed by atoms with Crippen LogP contribution >= 0.6 is 0 Å². The Balaban J connectivity index is 1.47. The van der Waals surface area contributed by atoms with Crippen LogP contribution in [-0.2, 0) is 21.3 Å². The van der Waals surface area contributed by atoms with Gasteiger partial charge in [0.2, 0.25) is 10.0 Å². The second kappa shape index (κ2) is 10.3. The Morgan fingerprint density at radius 2 is 1.59 bits per heavy atom. The summed E-state index contributed by atoms with van der Waals surface area (Å²) in [5, 5.41) is 19.3. The molecule has 1 fully saturated rings. The van der Waals surface area contributed by atoms with Crippen molar-refractivity contribution in [3.63, 3.8) is 0 Å². The highest BCUT2D eigenvalue weighted by Crippen LogP contribution is 2.35. The molecule has 1 aliphatic heterocycles. The van der Waals surface area contributed by atoms with E-state index < -0.39 is 22.2 Å². The number of nitrogens with two attached hydrogens (primary N) is 1. The molecule has 6 nitrogen and oxygen atoms in total. The topological polar surface area (TPSA) is 102 Å². The summed E-state index contributed by atoms with van der Waals surface area (Å²) < 4.78 is 56.3. The molecule has 0 spiro atoms. The smallest absolute Gasteiger partial charge is 0.238 e. The molecule has 4 rings (SSSR count). The number of benzene rings is 3. The Hall–Kier alpha value is -2.69. The van der Waals surface area contributed by atoms with E-state index in [4.69, 9.17) is 9.88 Å². The lowest BCUT2D eigenvalue weighted by Gasteiger charge is -2.38. The molecular weight excluding hydrogens is 462 g/mol. The van der Waals surface area contributed by atoms with Gasteiger partial charge in [0.15, 0.2) is 0 Å². The van der Waals surface area contributed by atoms with Crippen LogP contribution in [-0.4, -0.2) is 38.4 Å². The molecule has 3 unspecified atom stereocenters. The summed E-state index contributed by atoms with van der Waals surface area (Å²) in [7, 11) is -3.80. The zero-order valence-corrected chi connectivity index (χ0v) is 19.1. The lowest BCUT2D eigenvalue weighted by Crippen LogP contribution is -2.50. The van der Waals surface area contributed by atoms with E-state index in [1.54, 1.807) is 36.4 Å². The molecule has 0 amide bonds. The highest BCUT2D eigenvalue weighted by atomic mass is 32.2. The molecule has 1 aliphatic rings. The number of sulfonamides is 1. The molecule has 3 aromatic rings. The second-order valence-electron chi connectivity index (χ2n) is 8.44. The first-order chi connectivity index (χ1) is 16.2. The van der Waals surface area contributed by atoms with Gasteiger partial charge in [-0.3, -0.25) is 0 Å². The molecule has 0 bridgehead atoms. The molecule has 0 aliphatic carbocycles. The van der Waals surface area contributed by atoms with Gasteiger partial charge in [-0.2, -0.15) is 0 Å². The number of hydrogen-bond acceptors (Lipinski definition) is 5. The zero-order chi connectivity index (χ0) is 24.3. The fourth-order valence-corrected chi connectivity index (χ4v) is 4.86. The van der Waals surface area contributed by atoms with Crippen molar-refractivity contribution >= 4 is 10.0 Å². The standard InChI is InChI=1S/C25H26F2N2O4S/c26-19-8-4-17(5-9-19)25(18-6-10-20(27)11-7-18)24-13-23(30)22(15-33-24)29-14-16-2-1-3-21(12-16)34(28,31)32/h1-12,22-25,29-30H,13-15H2,(H2,28,31,32). The summed E-state index contributed by atoms with van der Waals surface area (Å²) in [4.78, 5) is 0.0220. The van der Waals surface area contributed by atoms with Crippen molar-refractivity contribution in [2.75, 3.05) is 6.61 Å². The zero-order valence-electron chi connectivity index (χ0n) is 18.3. The summed E-state index contributed by atoms with van der Waals surface area (Å²) in [5.41, 5.74) is 2.31. The third kappa shape index (κ3) is 5.86. The number of halogens is 2. The van der Waals surface area contributed by atoms with Crippen molar-refractivity contribution in [2.24, 2.45) is 5.14 Å². The SMILES string of the molecule is NS(=O)(=O)c1cccc(CNC2COC(C(c3ccc(F)cc3)c3ccc(F)cc3)CC2O)c1. The average Bonchev–Trinajstić information content (AvgIpc) is 2.81. The number of aliphatic hydroxyl groups is 1. The molecule has 0 radical (unpaired) electrons. The Labute approximate surface area is 197 Å². The minimum absolute atomic E-state index is 0.0220. The molecule has 4 N–H and O–H groups in total. The van der Waals surface area contributed by atoms with Crippen molar-refractivity contribution in [3.05, 3.63) is 101 Å². The molecule has 3 aromatic carbocycles. The fraction of sp³-hybridized carbons (Fsp3) is 0.280. The first kappa shape index (κ1) is 24.4.